The fourth-order valence-corrected chi connectivity index (χ4v) is 4.60. The molecule has 3 heterocycles. The predicted molar refractivity (Wildman–Crippen MR) is 117 cm³/mol. The molecule has 1 aromatic heterocycles. The van der Waals surface area contributed by atoms with E-state index in [1.807, 2.05) is 0 Å². The Morgan fingerprint density at radius 2 is 1.89 bits per heavy atom. The van der Waals surface area contributed by atoms with Crippen LogP contribution in [0.1, 0.15) is 48.2 Å². The molecule has 0 radical (unpaired) electrons. The minimum absolute atomic E-state index is 0.124. The van der Waals surface area contributed by atoms with Gasteiger partial charge in [0.2, 0.25) is 11.7 Å². The Morgan fingerprint density at radius 1 is 1.19 bits per heavy atom. The van der Waals surface area contributed by atoms with Crippen molar-refractivity contribution in [3.8, 4) is 0 Å². The molecule has 2 fully saturated rings. The molecular weight excluding hydrogens is 511 g/mol. The number of ether oxygens (including phenoxy) is 1. The minimum Gasteiger partial charge on any atom is -0.381 e. The van der Waals surface area contributed by atoms with Crippen LogP contribution in [0.15, 0.2) is 24.4 Å². The molecule has 1 N–H and O–H groups in total. The van der Waals surface area contributed by atoms with Gasteiger partial charge in [-0.25, -0.2) is 18.7 Å². The second-order valence-corrected chi connectivity index (χ2v) is 9.42. The summed E-state index contributed by atoms with van der Waals surface area (Å²) >= 11 is 5.66. The van der Waals surface area contributed by atoms with E-state index in [1.165, 1.54) is 4.90 Å². The van der Waals surface area contributed by atoms with E-state index in [-0.39, 0.29) is 37.0 Å². The van der Waals surface area contributed by atoms with E-state index in [0.29, 0.717) is 0 Å². The van der Waals surface area contributed by atoms with Crippen molar-refractivity contribution < 1.29 is 36.3 Å². The highest BCUT2D eigenvalue weighted by atomic mass is 35.5. The van der Waals surface area contributed by atoms with Crippen LogP contribution in [0.5, 0.6) is 0 Å². The Hall–Kier alpha value is -2.86. The maximum atomic E-state index is 14.7. The van der Waals surface area contributed by atoms with E-state index in [9.17, 15) is 31.5 Å². The average Bonchev–Trinajstić information content (AvgIpc) is 3.08. The molecule has 4 atom stereocenters. The topological polar surface area (TPSA) is 84.4 Å². The van der Waals surface area contributed by atoms with E-state index in [1.54, 1.807) is 13.8 Å². The van der Waals surface area contributed by atoms with Crippen LogP contribution in [-0.2, 0) is 15.7 Å². The highest BCUT2D eigenvalue weighted by Crippen LogP contribution is 2.35. The van der Waals surface area contributed by atoms with Crippen molar-refractivity contribution in [2.75, 3.05) is 13.2 Å². The van der Waals surface area contributed by atoms with Crippen molar-refractivity contribution in [2.24, 2.45) is 11.8 Å². The fraction of sp³-hybridized carbons (Fsp3) is 0.478. The Bertz CT molecular complexity index is 1180. The van der Waals surface area contributed by atoms with Crippen LogP contribution in [-0.4, -0.2) is 52.0 Å². The summed E-state index contributed by atoms with van der Waals surface area (Å²) in [4.78, 5) is 34.3. The third-order valence-electron chi connectivity index (χ3n) is 6.67. The Labute approximate surface area is 208 Å². The summed E-state index contributed by atoms with van der Waals surface area (Å²) in [5.74, 6) is -5.22. The first-order chi connectivity index (χ1) is 16.9. The van der Waals surface area contributed by atoms with Crippen LogP contribution in [0.2, 0.25) is 5.02 Å². The lowest BCUT2D eigenvalue weighted by Crippen LogP contribution is -2.51. The van der Waals surface area contributed by atoms with Gasteiger partial charge in [0.15, 0.2) is 0 Å². The van der Waals surface area contributed by atoms with Gasteiger partial charge >= 0.3 is 6.18 Å². The molecule has 7 nitrogen and oxygen atoms in total. The largest absolute Gasteiger partial charge is 0.451 e. The van der Waals surface area contributed by atoms with Gasteiger partial charge in [-0.3, -0.25) is 9.59 Å². The number of hydrogen-bond donors (Lipinski definition) is 1. The molecule has 0 saturated carbocycles. The molecule has 0 spiro atoms. The van der Waals surface area contributed by atoms with Crippen LogP contribution in [0, 0.1) is 23.5 Å². The van der Waals surface area contributed by atoms with Gasteiger partial charge in [-0.15, -0.1) is 0 Å². The summed E-state index contributed by atoms with van der Waals surface area (Å²) in [6, 6.07) is 0.208. The average molecular weight is 533 g/mol. The molecule has 1 unspecified atom stereocenters. The van der Waals surface area contributed by atoms with Gasteiger partial charge in [-0.2, -0.15) is 13.2 Å². The highest BCUT2D eigenvalue weighted by molar-refractivity contribution is 6.30. The predicted octanol–water partition coefficient (Wildman–Crippen LogP) is 4.17. The van der Waals surface area contributed by atoms with Crippen LogP contribution in [0.25, 0.3) is 0 Å². The summed E-state index contributed by atoms with van der Waals surface area (Å²) < 4.78 is 73.2. The van der Waals surface area contributed by atoms with Crippen LogP contribution >= 0.6 is 11.6 Å². The van der Waals surface area contributed by atoms with E-state index in [4.69, 9.17) is 16.3 Å². The molecule has 4 rings (SSSR count). The van der Waals surface area contributed by atoms with E-state index < -0.39 is 64.3 Å². The summed E-state index contributed by atoms with van der Waals surface area (Å²) in [6.07, 6.45) is -3.82. The lowest BCUT2D eigenvalue weighted by atomic mass is 9.90. The molecule has 1 aromatic carbocycles. The number of aromatic nitrogens is 2. The van der Waals surface area contributed by atoms with Crippen LogP contribution in [0.4, 0.5) is 22.0 Å². The number of carbonyl (C=O) groups excluding carboxylic acids is 2. The summed E-state index contributed by atoms with van der Waals surface area (Å²) in [5, 5.41) is 2.29. The SMILES string of the molecule is C[C@@H]1C[C@H](C(=O)NC(c2cc(F)c(Cl)cc2F)C2COC2)N(C(=O)c2ccnc(C(F)(F)F)n2)[C@@H]1C. The number of benzene rings is 1. The molecule has 2 aromatic rings. The second kappa shape index (κ2) is 9.89. The lowest BCUT2D eigenvalue weighted by Gasteiger charge is -2.36. The molecule has 2 saturated heterocycles. The van der Waals surface area contributed by atoms with Crippen molar-refractivity contribution in [1.29, 1.82) is 0 Å². The lowest BCUT2D eigenvalue weighted by molar-refractivity contribution is -0.145. The molecule has 194 valence electrons. The number of hydrogen-bond acceptors (Lipinski definition) is 5. The van der Waals surface area contributed by atoms with Gasteiger partial charge in [0.05, 0.1) is 24.3 Å². The van der Waals surface area contributed by atoms with Gasteiger partial charge in [0, 0.05) is 23.7 Å². The Morgan fingerprint density at radius 3 is 2.50 bits per heavy atom. The molecule has 0 aliphatic carbocycles. The fourth-order valence-electron chi connectivity index (χ4n) is 4.45. The zero-order valence-electron chi connectivity index (χ0n) is 19.2. The minimum atomic E-state index is -4.85. The second-order valence-electron chi connectivity index (χ2n) is 9.02. The number of likely N-dealkylation sites (tertiary alicyclic amines) is 1. The molecule has 2 amide bonds. The molecule has 2 aliphatic heterocycles. The molecular formula is C23H22ClF5N4O3. The zero-order chi connectivity index (χ0) is 26.4. The quantitative estimate of drug-likeness (QED) is 0.461. The van der Waals surface area contributed by atoms with Crippen molar-refractivity contribution in [1.82, 2.24) is 20.2 Å². The Kier molecular flexibility index (Phi) is 7.20. The first-order valence-corrected chi connectivity index (χ1v) is 11.5. The number of carbonyl (C=O) groups is 2. The van der Waals surface area contributed by atoms with Crippen LogP contribution in [0.3, 0.4) is 0 Å². The normalized spacial score (nSPS) is 23.3. The monoisotopic (exact) mass is 532 g/mol. The van der Waals surface area contributed by atoms with Gasteiger partial charge in [0.1, 0.15) is 23.4 Å². The van der Waals surface area contributed by atoms with Gasteiger partial charge in [-0.1, -0.05) is 18.5 Å². The molecule has 13 heteroatoms. The Balaban J connectivity index is 1.62. The third-order valence-corrected chi connectivity index (χ3v) is 6.96. The van der Waals surface area contributed by atoms with Crippen LogP contribution < -0.4 is 5.32 Å². The summed E-state index contributed by atoms with van der Waals surface area (Å²) in [7, 11) is 0. The first kappa shape index (κ1) is 26.2. The number of nitrogens with one attached hydrogen (secondary N) is 1. The molecule has 2 aliphatic rings. The highest BCUT2D eigenvalue weighted by Gasteiger charge is 2.45. The van der Waals surface area contributed by atoms with Crippen molar-refractivity contribution in [2.45, 2.75) is 44.6 Å². The number of rotatable bonds is 5. The standard InChI is InChI=1S/C23H22ClF5N4O3/c1-10-5-18(33(11(10)2)21(35)17-3-4-30-22(31-17)23(27,28)29)20(34)32-19(12-8-36-9-12)13-6-16(26)14(24)7-15(13)25/h3-4,6-7,10-12,18-19H,5,8-9H2,1-2H3,(H,32,34)/t10-,11-,18-,19?/m1/s1. The number of alkyl halides is 3. The van der Waals surface area contributed by atoms with E-state index >= 15 is 0 Å². The van der Waals surface area contributed by atoms with Gasteiger partial charge in [0.25, 0.3) is 5.91 Å². The van der Waals surface area contributed by atoms with Gasteiger partial charge in [-0.05, 0) is 37.5 Å². The zero-order valence-corrected chi connectivity index (χ0v) is 19.9. The number of nitrogens with zero attached hydrogens (tertiary/aromatic N) is 3. The van der Waals surface area contributed by atoms with Crippen molar-refractivity contribution >= 4 is 23.4 Å². The number of amides is 2. The van der Waals surface area contributed by atoms with E-state index in [2.05, 4.69) is 15.3 Å². The van der Waals surface area contributed by atoms with E-state index in [0.717, 1.165) is 24.4 Å². The molecule has 36 heavy (non-hydrogen) atoms. The number of halogens is 6. The maximum Gasteiger partial charge on any atom is 0.451 e. The van der Waals surface area contributed by atoms with Crippen molar-refractivity contribution in [3.63, 3.8) is 0 Å². The molecule has 0 bridgehead atoms. The third kappa shape index (κ3) is 5.01. The van der Waals surface area contributed by atoms with Gasteiger partial charge < -0.3 is 15.0 Å². The summed E-state index contributed by atoms with van der Waals surface area (Å²) in [5.41, 5.74) is -0.632. The summed E-state index contributed by atoms with van der Waals surface area (Å²) in [6.45, 7) is 3.85. The smallest absolute Gasteiger partial charge is 0.381 e. The van der Waals surface area contributed by atoms with Crippen molar-refractivity contribution in [3.05, 3.63) is 58.1 Å². The first-order valence-electron chi connectivity index (χ1n) is 11.1. The maximum absolute atomic E-state index is 14.7.